The summed E-state index contributed by atoms with van der Waals surface area (Å²) in [5.74, 6) is 0. The number of carbonyl (C=O) groups excluding carboxylic acids is 1. The van der Waals surface area contributed by atoms with E-state index in [0.29, 0.717) is 6.10 Å². The molecule has 0 saturated carbocycles. The summed E-state index contributed by atoms with van der Waals surface area (Å²) in [6.45, 7) is 5.75. The lowest BCUT2D eigenvalue weighted by Crippen LogP contribution is -2.47. The molecule has 2 heterocycles. The normalized spacial score (nSPS) is 33.4. The fraction of sp³-hybridized carbons (Fsp3) is 0.938. The van der Waals surface area contributed by atoms with Crippen LogP contribution in [0.25, 0.3) is 0 Å². The highest BCUT2D eigenvalue weighted by atomic mass is 16.5. The number of hydrogen-bond donors (Lipinski definition) is 2. The Balaban J connectivity index is 1.54. The van der Waals surface area contributed by atoms with Crippen molar-refractivity contribution in [3.05, 3.63) is 0 Å². The standard InChI is InChI=1S/C16H30N2O3/c1-12-10-14(11-13(2)21-12)18-16(19)17-8-5-7-15-6-3-4-9-20-15/h12-15H,3-11H2,1-2H3,(H2,17,18,19)/t12-,13+,14?,15-/m0/s1. The molecule has 2 fully saturated rings. The van der Waals surface area contributed by atoms with Gasteiger partial charge in [0.2, 0.25) is 0 Å². The molecule has 5 nitrogen and oxygen atoms in total. The van der Waals surface area contributed by atoms with Gasteiger partial charge in [0.1, 0.15) is 0 Å². The molecule has 2 rings (SSSR count). The molecule has 0 bridgehead atoms. The smallest absolute Gasteiger partial charge is 0.315 e. The minimum atomic E-state index is -0.0501. The Labute approximate surface area is 128 Å². The van der Waals surface area contributed by atoms with Gasteiger partial charge in [-0.3, -0.25) is 0 Å². The van der Waals surface area contributed by atoms with Crippen LogP contribution in [0.2, 0.25) is 0 Å². The van der Waals surface area contributed by atoms with E-state index in [1.807, 2.05) is 0 Å². The van der Waals surface area contributed by atoms with Gasteiger partial charge in [-0.2, -0.15) is 0 Å². The van der Waals surface area contributed by atoms with Crippen LogP contribution >= 0.6 is 0 Å². The number of nitrogens with one attached hydrogen (secondary N) is 2. The van der Waals surface area contributed by atoms with E-state index in [9.17, 15) is 4.79 Å². The predicted molar refractivity (Wildman–Crippen MR) is 82.4 cm³/mol. The van der Waals surface area contributed by atoms with Gasteiger partial charge in [-0.1, -0.05) is 0 Å². The zero-order chi connectivity index (χ0) is 15.1. The van der Waals surface area contributed by atoms with Crippen LogP contribution < -0.4 is 10.6 Å². The molecule has 0 aliphatic carbocycles. The molecule has 2 aliphatic heterocycles. The number of carbonyl (C=O) groups is 1. The first-order chi connectivity index (χ1) is 10.1. The molecular formula is C16H30N2O3. The molecule has 0 spiro atoms. The lowest BCUT2D eigenvalue weighted by atomic mass is 10.0. The lowest BCUT2D eigenvalue weighted by Gasteiger charge is -2.32. The molecule has 0 aromatic heterocycles. The minimum absolute atomic E-state index is 0.0501. The average molecular weight is 298 g/mol. The first-order valence-electron chi connectivity index (χ1n) is 8.45. The van der Waals surface area contributed by atoms with Crippen molar-refractivity contribution in [2.24, 2.45) is 0 Å². The number of urea groups is 1. The summed E-state index contributed by atoms with van der Waals surface area (Å²) in [5.41, 5.74) is 0. The third-order valence-corrected chi connectivity index (χ3v) is 4.30. The third-order valence-electron chi connectivity index (χ3n) is 4.30. The maximum absolute atomic E-state index is 11.9. The zero-order valence-corrected chi connectivity index (χ0v) is 13.4. The van der Waals surface area contributed by atoms with E-state index in [1.165, 1.54) is 19.3 Å². The van der Waals surface area contributed by atoms with E-state index in [4.69, 9.17) is 9.47 Å². The zero-order valence-electron chi connectivity index (χ0n) is 13.4. The second-order valence-electron chi connectivity index (χ2n) is 6.46. The van der Waals surface area contributed by atoms with Crippen molar-refractivity contribution in [2.45, 2.75) is 83.1 Å². The van der Waals surface area contributed by atoms with Gasteiger partial charge in [-0.25, -0.2) is 4.79 Å². The van der Waals surface area contributed by atoms with Crippen LogP contribution in [0.4, 0.5) is 4.79 Å². The quantitative estimate of drug-likeness (QED) is 0.767. The van der Waals surface area contributed by atoms with E-state index in [0.717, 1.165) is 38.8 Å². The fourth-order valence-electron chi connectivity index (χ4n) is 3.33. The first-order valence-corrected chi connectivity index (χ1v) is 8.45. The van der Waals surface area contributed by atoms with Gasteiger partial charge >= 0.3 is 6.03 Å². The van der Waals surface area contributed by atoms with Crippen LogP contribution in [0.5, 0.6) is 0 Å². The topological polar surface area (TPSA) is 59.6 Å². The highest BCUT2D eigenvalue weighted by molar-refractivity contribution is 5.74. The Hall–Kier alpha value is -0.810. The van der Waals surface area contributed by atoms with Gasteiger partial charge in [-0.05, 0) is 58.8 Å². The molecule has 4 atom stereocenters. The first kappa shape index (κ1) is 16.6. The maximum atomic E-state index is 11.9. The van der Waals surface area contributed by atoms with E-state index < -0.39 is 0 Å². The third kappa shape index (κ3) is 6.22. The molecule has 2 N–H and O–H groups in total. The summed E-state index contributed by atoms with van der Waals surface area (Å²) in [6.07, 6.45) is 8.32. The van der Waals surface area contributed by atoms with E-state index in [-0.39, 0.29) is 24.3 Å². The highest BCUT2D eigenvalue weighted by Gasteiger charge is 2.25. The highest BCUT2D eigenvalue weighted by Crippen LogP contribution is 2.19. The molecule has 0 aromatic rings. The van der Waals surface area contributed by atoms with Crippen LogP contribution in [-0.4, -0.2) is 43.5 Å². The largest absolute Gasteiger partial charge is 0.378 e. The van der Waals surface area contributed by atoms with Crippen molar-refractivity contribution in [3.8, 4) is 0 Å². The van der Waals surface area contributed by atoms with Crippen molar-refractivity contribution in [1.29, 1.82) is 0 Å². The van der Waals surface area contributed by atoms with Crippen LogP contribution in [0, 0.1) is 0 Å². The van der Waals surface area contributed by atoms with Gasteiger partial charge in [0.05, 0.1) is 18.3 Å². The molecule has 0 radical (unpaired) electrons. The number of rotatable bonds is 5. The molecule has 2 saturated heterocycles. The monoisotopic (exact) mass is 298 g/mol. The van der Waals surface area contributed by atoms with Gasteiger partial charge in [0.25, 0.3) is 0 Å². The van der Waals surface area contributed by atoms with Gasteiger partial charge in [0.15, 0.2) is 0 Å². The lowest BCUT2D eigenvalue weighted by molar-refractivity contribution is -0.0402. The van der Waals surface area contributed by atoms with Crippen molar-refractivity contribution < 1.29 is 14.3 Å². The summed E-state index contributed by atoms with van der Waals surface area (Å²) >= 11 is 0. The van der Waals surface area contributed by atoms with Crippen molar-refractivity contribution >= 4 is 6.03 Å². The molecule has 1 unspecified atom stereocenters. The summed E-state index contributed by atoms with van der Waals surface area (Å²) in [6, 6.07) is 0.177. The summed E-state index contributed by atoms with van der Waals surface area (Å²) in [5, 5.41) is 6.01. The van der Waals surface area contributed by atoms with E-state index in [1.54, 1.807) is 0 Å². The summed E-state index contributed by atoms with van der Waals surface area (Å²) in [4.78, 5) is 11.9. The van der Waals surface area contributed by atoms with Crippen LogP contribution in [0.15, 0.2) is 0 Å². The summed E-state index contributed by atoms with van der Waals surface area (Å²) in [7, 11) is 0. The van der Waals surface area contributed by atoms with E-state index in [2.05, 4.69) is 24.5 Å². The van der Waals surface area contributed by atoms with Crippen LogP contribution in [-0.2, 0) is 9.47 Å². The number of hydrogen-bond acceptors (Lipinski definition) is 3. The Kier molecular flexibility index (Phi) is 6.77. The Morgan fingerprint density at radius 1 is 1.19 bits per heavy atom. The SMILES string of the molecule is C[C@@H]1CC(NC(=O)NCCC[C@@H]2CCCCO2)C[C@H](C)O1. The Morgan fingerprint density at radius 3 is 2.62 bits per heavy atom. The summed E-state index contributed by atoms with van der Waals surface area (Å²) < 4.78 is 11.4. The molecule has 0 aromatic carbocycles. The Morgan fingerprint density at radius 2 is 1.95 bits per heavy atom. The van der Waals surface area contributed by atoms with Crippen molar-refractivity contribution in [1.82, 2.24) is 10.6 Å². The molecule has 5 heteroatoms. The van der Waals surface area contributed by atoms with Gasteiger partial charge < -0.3 is 20.1 Å². The molecule has 21 heavy (non-hydrogen) atoms. The second-order valence-corrected chi connectivity index (χ2v) is 6.46. The fourth-order valence-corrected chi connectivity index (χ4v) is 3.33. The van der Waals surface area contributed by atoms with Gasteiger partial charge in [0, 0.05) is 19.2 Å². The van der Waals surface area contributed by atoms with Gasteiger partial charge in [-0.15, -0.1) is 0 Å². The molecular weight excluding hydrogens is 268 g/mol. The molecule has 2 amide bonds. The minimum Gasteiger partial charge on any atom is -0.378 e. The van der Waals surface area contributed by atoms with Crippen LogP contribution in [0.3, 0.4) is 0 Å². The molecule has 2 aliphatic rings. The maximum Gasteiger partial charge on any atom is 0.315 e. The van der Waals surface area contributed by atoms with Crippen LogP contribution in [0.1, 0.15) is 58.8 Å². The molecule has 122 valence electrons. The second kappa shape index (κ2) is 8.59. The number of amides is 2. The average Bonchev–Trinajstić information content (AvgIpc) is 2.43. The van der Waals surface area contributed by atoms with Crippen molar-refractivity contribution in [2.75, 3.05) is 13.2 Å². The van der Waals surface area contributed by atoms with E-state index >= 15 is 0 Å². The number of ether oxygens (including phenoxy) is 2. The van der Waals surface area contributed by atoms with Crippen molar-refractivity contribution in [3.63, 3.8) is 0 Å². The predicted octanol–water partition coefficient (Wildman–Crippen LogP) is 2.59. The Bertz CT molecular complexity index is 309.